The third kappa shape index (κ3) is 5.13. The maximum atomic E-state index is 11.6. The van der Waals surface area contributed by atoms with Gasteiger partial charge < -0.3 is 15.2 Å². The van der Waals surface area contributed by atoms with Crippen molar-refractivity contribution >= 4 is 17.9 Å². The molecule has 21 heavy (non-hydrogen) atoms. The molecule has 0 aromatic heterocycles. The average molecular weight is 294 g/mol. The van der Waals surface area contributed by atoms with Gasteiger partial charge in [0.15, 0.2) is 12.7 Å². The molecule has 1 rings (SSSR count). The smallest absolute Gasteiger partial charge is 0.344 e. The van der Waals surface area contributed by atoms with Crippen molar-refractivity contribution in [1.82, 2.24) is 5.32 Å². The number of benzene rings is 1. The van der Waals surface area contributed by atoms with Gasteiger partial charge in [-0.25, -0.2) is 9.59 Å². The molecule has 3 amide bonds. The Morgan fingerprint density at radius 2 is 1.95 bits per heavy atom. The molecule has 0 aliphatic rings. The highest BCUT2D eigenvalue weighted by Gasteiger charge is 2.19. The maximum absolute atomic E-state index is 11.6. The van der Waals surface area contributed by atoms with E-state index in [1.807, 2.05) is 31.3 Å². The summed E-state index contributed by atoms with van der Waals surface area (Å²) in [5, 5.41) is 1.82. The van der Waals surface area contributed by atoms with Crippen LogP contribution in [0.25, 0.3) is 0 Å². The molecular weight excluding hydrogens is 276 g/mol. The number of hydrogen-bond donors (Lipinski definition) is 2. The van der Waals surface area contributed by atoms with Gasteiger partial charge in [0.1, 0.15) is 5.75 Å². The third-order valence-electron chi connectivity index (χ3n) is 2.82. The molecule has 0 radical (unpaired) electrons. The van der Waals surface area contributed by atoms with Gasteiger partial charge in [-0.3, -0.25) is 10.1 Å². The number of carbonyl (C=O) groups excluding carboxylic acids is 3. The number of carbonyl (C=O) groups is 3. The first kappa shape index (κ1) is 16.5. The second kappa shape index (κ2) is 7.28. The summed E-state index contributed by atoms with van der Waals surface area (Å²) >= 11 is 0. The SMILES string of the molecule is Cc1cccc(OCC(=O)O[C@@H](C)C(=O)NC(N)=O)c1C. The van der Waals surface area contributed by atoms with Gasteiger partial charge in [0.2, 0.25) is 0 Å². The minimum atomic E-state index is -1.13. The normalized spacial score (nSPS) is 11.4. The van der Waals surface area contributed by atoms with Crippen LogP contribution in [0.3, 0.4) is 0 Å². The number of amides is 3. The number of nitrogens with one attached hydrogen (secondary N) is 1. The molecule has 3 N–H and O–H groups in total. The Morgan fingerprint density at radius 1 is 1.29 bits per heavy atom. The summed E-state index contributed by atoms with van der Waals surface area (Å²) in [4.78, 5) is 33.4. The van der Waals surface area contributed by atoms with E-state index in [2.05, 4.69) is 0 Å². The van der Waals surface area contributed by atoms with E-state index in [4.69, 9.17) is 15.2 Å². The van der Waals surface area contributed by atoms with E-state index in [0.717, 1.165) is 11.1 Å². The van der Waals surface area contributed by atoms with Crippen LogP contribution in [-0.2, 0) is 14.3 Å². The number of primary amides is 1. The monoisotopic (exact) mass is 294 g/mol. The Hall–Kier alpha value is -2.57. The Bertz CT molecular complexity index is 556. The van der Waals surface area contributed by atoms with Gasteiger partial charge in [0.25, 0.3) is 5.91 Å². The zero-order valence-corrected chi connectivity index (χ0v) is 12.1. The minimum Gasteiger partial charge on any atom is -0.482 e. The van der Waals surface area contributed by atoms with E-state index >= 15 is 0 Å². The molecule has 0 heterocycles. The van der Waals surface area contributed by atoms with Gasteiger partial charge in [-0.15, -0.1) is 0 Å². The molecule has 0 bridgehead atoms. The molecule has 0 unspecified atom stereocenters. The highest BCUT2D eigenvalue weighted by Crippen LogP contribution is 2.20. The number of nitrogens with two attached hydrogens (primary N) is 1. The molecule has 1 aromatic rings. The largest absolute Gasteiger partial charge is 0.482 e. The van der Waals surface area contributed by atoms with Crippen molar-refractivity contribution in [2.45, 2.75) is 26.9 Å². The van der Waals surface area contributed by atoms with Gasteiger partial charge in [0, 0.05) is 0 Å². The van der Waals surface area contributed by atoms with Crippen LogP contribution in [0.5, 0.6) is 5.75 Å². The molecule has 0 saturated heterocycles. The van der Waals surface area contributed by atoms with Crippen LogP contribution in [-0.4, -0.2) is 30.6 Å². The fourth-order valence-corrected chi connectivity index (χ4v) is 1.52. The summed E-state index contributed by atoms with van der Waals surface area (Å²) < 4.78 is 10.2. The molecule has 0 fully saturated rings. The predicted molar refractivity (Wildman–Crippen MR) is 74.7 cm³/mol. The first-order valence-electron chi connectivity index (χ1n) is 6.30. The first-order chi connectivity index (χ1) is 9.81. The minimum absolute atomic E-state index is 0.335. The summed E-state index contributed by atoms with van der Waals surface area (Å²) in [6.45, 7) is 4.79. The number of urea groups is 1. The van der Waals surface area contributed by atoms with E-state index in [-0.39, 0.29) is 6.61 Å². The lowest BCUT2D eigenvalue weighted by Gasteiger charge is -2.13. The fourth-order valence-electron chi connectivity index (χ4n) is 1.52. The Kier molecular flexibility index (Phi) is 5.71. The molecule has 1 atom stereocenters. The molecule has 0 spiro atoms. The number of ether oxygens (including phenoxy) is 2. The topological polar surface area (TPSA) is 108 Å². The molecular formula is C14H18N2O5. The lowest BCUT2D eigenvalue weighted by Crippen LogP contribution is -2.42. The Balaban J connectivity index is 2.49. The van der Waals surface area contributed by atoms with Crippen LogP contribution in [0.15, 0.2) is 18.2 Å². The Labute approximate surface area is 122 Å². The van der Waals surface area contributed by atoms with Crippen molar-refractivity contribution < 1.29 is 23.9 Å². The lowest BCUT2D eigenvalue weighted by atomic mass is 10.1. The standard InChI is InChI=1S/C14H18N2O5/c1-8-5-4-6-11(9(8)2)20-7-12(17)21-10(3)13(18)16-14(15)19/h4-6,10H,7H2,1-3H3,(H3,15,16,18,19)/t10-/m0/s1. The zero-order chi connectivity index (χ0) is 16.0. The predicted octanol–water partition coefficient (Wildman–Crippen LogP) is 0.809. The number of rotatable bonds is 5. The highest BCUT2D eigenvalue weighted by molar-refractivity contribution is 5.96. The quantitative estimate of drug-likeness (QED) is 0.781. The average Bonchev–Trinajstić information content (AvgIpc) is 2.39. The van der Waals surface area contributed by atoms with Crippen LogP contribution in [0.4, 0.5) is 4.79 Å². The summed E-state index contributed by atoms with van der Waals surface area (Å²) in [7, 11) is 0. The van der Waals surface area contributed by atoms with E-state index in [1.165, 1.54) is 6.92 Å². The van der Waals surface area contributed by atoms with Crippen molar-refractivity contribution in [1.29, 1.82) is 0 Å². The number of aryl methyl sites for hydroxylation is 1. The van der Waals surface area contributed by atoms with Crippen LogP contribution in [0.1, 0.15) is 18.1 Å². The van der Waals surface area contributed by atoms with Crippen LogP contribution in [0, 0.1) is 13.8 Å². The van der Waals surface area contributed by atoms with Gasteiger partial charge >= 0.3 is 12.0 Å². The number of imide groups is 1. The van der Waals surface area contributed by atoms with E-state index in [1.54, 1.807) is 6.07 Å². The molecule has 0 aliphatic heterocycles. The second-order valence-electron chi connectivity index (χ2n) is 4.47. The number of hydrogen-bond acceptors (Lipinski definition) is 5. The molecule has 0 saturated carbocycles. The lowest BCUT2D eigenvalue weighted by molar-refractivity contribution is -0.156. The fraction of sp³-hybridized carbons (Fsp3) is 0.357. The summed E-state index contributed by atoms with van der Waals surface area (Å²) in [6, 6.07) is 4.47. The van der Waals surface area contributed by atoms with Crippen LogP contribution in [0.2, 0.25) is 0 Å². The maximum Gasteiger partial charge on any atom is 0.344 e. The van der Waals surface area contributed by atoms with E-state index < -0.39 is 24.0 Å². The van der Waals surface area contributed by atoms with Crippen LogP contribution < -0.4 is 15.8 Å². The molecule has 0 aliphatic carbocycles. The molecule has 1 aromatic carbocycles. The van der Waals surface area contributed by atoms with E-state index in [0.29, 0.717) is 5.75 Å². The van der Waals surface area contributed by atoms with Gasteiger partial charge in [-0.05, 0) is 38.0 Å². The summed E-state index contributed by atoms with van der Waals surface area (Å²) in [6.07, 6.45) is -1.13. The Morgan fingerprint density at radius 3 is 2.57 bits per heavy atom. The van der Waals surface area contributed by atoms with E-state index in [9.17, 15) is 14.4 Å². The second-order valence-corrected chi connectivity index (χ2v) is 4.47. The summed E-state index contributed by atoms with van der Waals surface area (Å²) in [5.74, 6) is -0.938. The van der Waals surface area contributed by atoms with Gasteiger partial charge in [-0.1, -0.05) is 12.1 Å². The molecule has 114 valence electrons. The zero-order valence-electron chi connectivity index (χ0n) is 12.1. The van der Waals surface area contributed by atoms with Gasteiger partial charge in [0.05, 0.1) is 0 Å². The van der Waals surface area contributed by atoms with Crippen molar-refractivity contribution in [3.8, 4) is 5.75 Å². The van der Waals surface area contributed by atoms with Crippen molar-refractivity contribution in [3.63, 3.8) is 0 Å². The van der Waals surface area contributed by atoms with Gasteiger partial charge in [-0.2, -0.15) is 0 Å². The van der Waals surface area contributed by atoms with Crippen LogP contribution >= 0.6 is 0 Å². The van der Waals surface area contributed by atoms with Crippen molar-refractivity contribution in [3.05, 3.63) is 29.3 Å². The molecule has 7 nitrogen and oxygen atoms in total. The third-order valence-corrected chi connectivity index (χ3v) is 2.82. The first-order valence-corrected chi connectivity index (χ1v) is 6.30. The summed E-state index contributed by atoms with van der Waals surface area (Å²) in [5.41, 5.74) is 6.75. The highest BCUT2D eigenvalue weighted by atomic mass is 16.6. The van der Waals surface area contributed by atoms with Crippen molar-refractivity contribution in [2.24, 2.45) is 5.73 Å². The molecule has 7 heteroatoms. The van der Waals surface area contributed by atoms with Crippen molar-refractivity contribution in [2.75, 3.05) is 6.61 Å². The number of esters is 1.